The number of benzene rings is 1. The molecule has 0 spiro atoms. The van der Waals surface area contributed by atoms with Crippen molar-refractivity contribution in [2.45, 2.75) is 25.9 Å². The molecule has 4 N–H and O–H groups in total. The maximum atomic E-state index is 13.1. The summed E-state index contributed by atoms with van der Waals surface area (Å²) in [6.07, 6.45) is 1.88. The summed E-state index contributed by atoms with van der Waals surface area (Å²) < 4.78 is 19.2. The summed E-state index contributed by atoms with van der Waals surface area (Å²) in [6, 6.07) is 10.7. The zero-order chi connectivity index (χ0) is 19.1. The van der Waals surface area contributed by atoms with E-state index in [2.05, 4.69) is 21.7 Å². The molecule has 0 amide bonds. The first kappa shape index (κ1) is 28.9. The maximum Gasteiger partial charge on any atom is 0.123 e. The van der Waals surface area contributed by atoms with Crippen molar-refractivity contribution in [3.8, 4) is 0 Å². The first-order chi connectivity index (χ1) is 13.1. The molecular formula is C21H32Cl3FN4O. The number of rotatable bonds is 9. The number of nitrogens with one attached hydrogen (secondary N) is 2. The van der Waals surface area contributed by atoms with Crippen molar-refractivity contribution in [2.75, 3.05) is 38.5 Å². The van der Waals surface area contributed by atoms with Gasteiger partial charge >= 0.3 is 0 Å². The Morgan fingerprint density at radius 2 is 1.97 bits per heavy atom. The van der Waals surface area contributed by atoms with Gasteiger partial charge in [-0.25, -0.2) is 9.37 Å². The van der Waals surface area contributed by atoms with Crippen LogP contribution in [-0.2, 0) is 17.6 Å². The smallest absolute Gasteiger partial charge is 0.123 e. The highest BCUT2D eigenvalue weighted by atomic mass is 35.5. The Morgan fingerprint density at radius 1 is 1.17 bits per heavy atom. The summed E-state index contributed by atoms with van der Waals surface area (Å²) in [6.45, 7) is 6.11. The number of aryl methyl sites for hydroxylation is 1. The Balaban J connectivity index is 0.00000280. The zero-order valence-electron chi connectivity index (χ0n) is 17.1. The van der Waals surface area contributed by atoms with Gasteiger partial charge in [0, 0.05) is 31.2 Å². The van der Waals surface area contributed by atoms with Gasteiger partial charge in [-0.3, -0.25) is 0 Å². The highest BCUT2D eigenvalue weighted by Crippen LogP contribution is 2.19. The number of pyridine rings is 1. The Kier molecular flexibility index (Phi) is 14.2. The van der Waals surface area contributed by atoms with E-state index < -0.39 is 0 Å². The lowest BCUT2D eigenvalue weighted by molar-refractivity contribution is 0.0397. The second-order valence-corrected chi connectivity index (χ2v) is 7.22. The summed E-state index contributed by atoms with van der Waals surface area (Å²) in [5, 5.41) is 6.77. The molecule has 1 aliphatic rings. The summed E-state index contributed by atoms with van der Waals surface area (Å²) in [7, 11) is 0. The predicted octanol–water partition coefficient (Wildman–Crippen LogP) is 3.36. The van der Waals surface area contributed by atoms with E-state index in [-0.39, 0.29) is 49.1 Å². The number of nitrogens with two attached hydrogens (primary N) is 1. The molecule has 1 aromatic carbocycles. The number of halogens is 4. The van der Waals surface area contributed by atoms with Gasteiger partial charge in [-0.1, -0.05) is 12.1 Å². The fourth-order valence-corrected chi connectivity index (χ4v) is 3.58. The van der Waals surface area contributed by atoms with Crippen molar-refractivity contribution in [2.24, 2.45) is 5.92 Å². The van der Waals surface area contributed by atoms with Crippen molar-refractivity contribution >= 4 is 43.0 Å². The minimum atomic E-state index is -0.180. The lowest BCUT2D eigenvalue weighted by Gasteiger charge is -2.19. The predicted molar refractivity (Wildman–Crippen MR) is 128 cm³/mol. The average molecular weight is 482 g/mol. The fourth-order valence-electron chi connectivity index (χ4n) is 3.58. The van der Waals surface area contributed by atoms with E-state index in [1.54, 1.807) is 12.1 Å². The molecule has 1 saturated heterocycles. The minimum Gasteiger partial charge on any atom is -0.384 e. The Labute approximate surface area is 197 Å². The van der Waals surface area contributed by atoms with Crippen LogP contribution in [0.2, 0.25) is 0 Å². The van der Waals surface area contributed by atoms with E-state index in [9.17, 15) is 4.39 Å². The van der Waals surface area contributed by atoms with E-state index in [1.807, 2.05) is 19.1 Å². The fraction of sp³-hybridized carbons (Fsp3) is 0.476. The van der Waals surface area contributed by atoms with Crippen molar-refractivity contribution in [1.82, 2.24) is 15.6 Å². The number of hydrogen-bond donors (Lipinski definition) is 3. The van der Waals surface area contributed by atoms with Crippen molar-refractivity contribution in [1.29, 1.82) is 0 Å². The van der Waals surface area contributed by atoms with Gasteiger partial charge in [0.1, 0.15) is 11.6 Å². The maximum absolute atomic E-state index is 13.1. The third-order valence-corrected chi connectivity index (χ3v) is 4.88. The highest BCUT2D eigenvalue weighted by Gasteiger charge is 2.28. The molecule has 2 unspecified atom stereocenters. The van der Waals surface area contributed by atoms with E-state index in [1.165, 1.54) is 6.07 Å². The van der Waals surface area contributed by atoms with Crippen LogP contribution in [0.4, 0.5) is 10.2 Å². The molecule has 30 heavy (non-hydrogen) atoms. The minimum absolute atomic E-state index is 0. The SMILES string of the molecule is Cc1cc(N)nc(CC2CNCC2OCCNCCc2cccc(F)c2)c1.Cl.Cl.Cl. The highest BCUT2D eigenvalue weighted by molar-refractivity contribution is 5.86. The molecular weight excluding hydrogens is 450 g/mol. The van der Waals surface area contributed by atoms with E-state index in [4.69, 9.17) is 10.5 Å². The second-order valence-electron chi connectivity index (χ2n) is 7.22. The van der Waals surface area contributed by atoms with Crippen LogP contribution in [0.1, 0.15) is 16.8 Å². The first-order valence-corrected chi connectivity index (χ1v) is 9.60. The van der Waals surface area contributed by atoms with Crippen molar-refractivity contribution in [3.05, 3.63) is 59.0 Å². The van der Waals surface area contributed by atoms with Crippen LogP contribution >= 0.6 is 37.2 Å². The monoisotopic (exact) mass is 480 g/mol. The van der Waals surface area contributed by atoms with Crippen LogP contribution in [-0.4, -0.2) is 43.9 Å². The van der Waals surface area contributed by atoms with E-state index in [0.29, 0.717) is 18.3 Å². The third kappa shape index (κ3) is 9.33. The van der Waals surface area contributed by atoms with Crippen molar-refractivity contribution < 1.29 is 9.13 Å². The topological polar surface area (TPSA) is 72.2 Å². The molecule has 0 aliphatic carbocycles. The lowest BCUT2D eigenvalue weighted by atomic mass is 9.99. The van der Waals surface area contributed by atoms with Crippen LogP contribution in [0.15, 0.2) is 36.4 Å². The normalized spacial score (nSPS) is 17.5. The average Bonchev–Trinajstić information content (AvgIpc) is 3.04. The summed E-state index contributed by atoms with van der Waals surface area (Å²) in [4.78, 5) is 4.44. The molecule has 2 heterocycles. The van der Waals surface area contributed by atoms with Gasteiger partial charge < -0.3 is 21.1 Å². The quantitative estimate of drug-likeness (QED) is 0.479. The number of aromatic nitrogens is 1. The Hall–Kier alpha value is -1.15. The molecule has 0 saturated carbocycles. The van der Waals surface area contributed by atoms with Gasteiger partial charge in [0.15, 0.2) is 0 Å². The van der Waals surface area contributed by atoms with Gasteiger partial charge in [-0.15, -0.1) is 37.2 Å². The van der Waals surface area contributed by atoms with Gasteiger partial charge in [0.05, 0.1) is 12.7 Å². The van der Waals surface area contributed by atoms with Crippen LogP contribution in [0.25, 0.3) is 0 Å². The Bertz CT molecular complexity index is 734. The van der Waals surface area contributed by atoms with E-state index >= 15 is 0 Å². The number of nitrogen functional groups attached to an aromatic ring is 1. The standard InChI is InChI=1S/C21H29FN4O.3ClH/c1-15-9-19(26-21(23)10-15)12-17-13-25-14-20(17)27-8-7-24-6-5-16-3-2-4-18(22)11-16;;;/h2-4,9-11,17,20,24-25H,5-8,12-14H2,1H3,(H2,23,26);3*1H. The largest absolute Gasteiger partial charge is 0.384 e. The first-order valence-electron chi connectivity index (χ1n) is 9.60. The number of ether oxygens (including phenoxy) is 1. The van der Waals surface area contributed by atoms with E-state index in [0.717, 1.165) is 55.8 Å². The second kappa shape index (κ2) is 14.8. The third-order valence-electron chi connectivity index (χ3n) is 4.88. The number of nitrogens with zero attached hydrogens (tertiary/aromatic N) is 1. The molecule has 5 nitrogen and oxygen atoms in total. The van der Waals surface area contributed by atoms with Gasteiger partial charge in [0.2, 0.25) is 0 Å². The molecule has 2 atom stereocenters. The van der Waals surface area contributed by atoms with Gasteiger partial charge in [-0.05, 0) is 61.7 Å². The lowest BCUT2D eigenvalue weighted by Crippen LogP contribution is -2.29. The molecule has 0 radical (unpaired) electrons. The molecule has 1 aromatic heterocycles. The number of hydrogen-bond acceptors (Lipinski definition) is 5. The van der Waals surface area contributed by atoms with Gasteiger partial charge in [-0.2, -0.15) is 0 Å². The summed E-state index contributed by atoms with van der Waals surface area (Å²) in [5.74, 6) is 0.808. The van der Waals surface area contributed by atoms with Gasteiger partial charge in [0.25, 0.3) is 0 Å². The molecule has 0 bridgehead atoms. The van der Waals surface area contributed by atoms with Crippen LogP contribution in [0.3, 0.4) is 0 Å². The molecule has 1 fully saturated rings. The Morgan fingerprint density at radius 3 is 2.70 bits per heavy atom. The van der Waals surface area contributed by atoms with Crippen LogP contribution < -0.4 is 16.4 Å². The molecule has 3 rings (SSSR count). The summed E-state index contributed by atoms with van der Waals surface area (Å²) >= 11 is 0. The zero-order valence-corrected chi connectivity index (χ0v) is 19.6. The molecule has 2 aromatic rings. The van der Waals surface area contributed by atoms with Crippen LogP contribution in [0.5, 0.6) is 0 Å². The van der Waals surface area contributed by atoms with Crippen LogP contribution in [0, 0.1) is 18.7 Å². The molecule has 9 heteroatoms. The molecule has 170 valence electrons. The molecule has 1 aliphatic heterocycles. The summed E-state index contributed by atoms with van der Waals surface area (Å²) in [5.41, 5.74) is 9.04. The van der Waals surface area contributed by atoms with Crippen molar-refractivity contribution in [3.63, 3.8) is 0 Å². The number of anilines is 1.